The van der Waals surface area contributed by atoms with Crippen LogP contribution in [0.5, 0.6) is 0 Å². The molecule has 1 aromatic carbocycles. The Kier molecular flexibility index (Phi) is 6.71. The third kappa shape index (κ3) is 5.52. The third-order valence-corrected chi connectivity index (χ3v) is 3.51. The van der Waals surface area contributed by atoms with Crippen molar-refractivity contribution in [3.8, 4) is 0 Å². The van der Waals surface area contributed by atoms with Gasteiger partial charge >= 0.3 is 0 Å². The number of hydrogen-bond donors (Lipinski definition) is 1. The SMILES string of the molecule is CCCCC(N)C(CCC(C)=O)c1ccc(F)cc1. The molecule has 106 valence electrons. The lowest BCUT2D eigenvalue weighted by Crippen LogP contribution is -2.29. The summed E-state index contributed by atoms with van der Waals surface area (Å²) in [5.41, 5.74) is 7.29. The van der Waals surface area contributed by atoms with Gasteiger partial charge in [0, 0.05) is 12.5 Å². The highest BCUT2D eigenvalue weighted by atomic mass is 19.1. The summed E-state index contributed by atoms with van der Waals surface area (Å²) in [6.45, 7) is 3.73. The lowest BCUT2D eigenvalue weighted by Gasteiger charge is -2.24. The first kappa shape index (κ1) is 15.8. The molecule has 2 atom stereocenters. The number of ketones is 1. The zero-order valence-electron chi connectivity index (χ0n) is 11.9. The fourth-order valence-electron chi connectivity index (χ4n) is 2.34. The van der Waals surface area contributed by atoms with E-state index in [2.05, 4.69) is 6.92 Å². The highest BCUT2D eigenvalue weighted by molar-refractivity contribution is 5.75. The van der Waals surface area contributed by atoms with Gasteiger partial charge in [0.1, 0.15) is 11.6 Å². The molecule has 2 nitrogen and oxygen atoms in total. The predicted octanol–water partition coefficient (Wildman–Crippen LogP) is 3.80. The van der Waals surface area contributed by atoms with Gasteiger partial charge in [0.25, 0.3) is 0 Å². The number of nitrogens with two attached hydrogens (primary N) is 1. The van der Waals surface area contributed by atoms with Crippen molar-refractivity contribution in [3.05, 3.63) is 35.6 Å². The molecule has 0 aliphatic carbocycles. The minimum Gasteiger partial charge on any atom is -0.327 e. The molecule has 0 fully saturated rings. The zero-order chi connectivity index (χ0) is 14.3. The second kappa shape index (κ2) is 8.05. The topological polar surface area (TPSA) is 43.1 Å². The van der Waals surface area contributed by atoms with E-state index in [0.717, 1.165) is 31.2 Å². The second-order valence-corrected chi connectivity index (χ2v) is 5.20. The monoisotopic (exact) mass is 265 g/mol. The van der Waals surface area contributed by atoms with E-state index in [-0.39, 0.29) is 23.6 Å². The minimum atomic E-state index is -0.240. The molecule has 1 rings (SSSR count). The normalized spacial score (nSPS) is 14.1. The van der Waals surface area contributed by atoms with E-state index < -0.39 is 0 Å². The highest BCUT2D eigenvalue weighted by Crippen LogP contribution is 2.27. The third-order valence-electron chi connectivity index (χ3n) is 3.51. The maximum atomic E-state index is 13.0. The van der Waals surface area contributed by atoms with Crippen LogP contribution in [0.15, 0.2) is 24.3 Å². The van der Waals surface area contributed by atoms with Crippen LogP contribution in [-0.2, 0) is 4.79 Å². The molecular formula is C16H24FNO. The van der Waals surface area contributed by atoms with Gasteiger partial charge in [-0.15, -0.1) is 0 Å². The van der Waals surface area contributed by atoms with Gasteiger partial charge in [-0.2, -0.15) is 0 Å². The van der Waals surface area contributed by atoms with E-state index in [9.17, 15) is 9.18 Å². The van der Waals surface area contributed by atoms with E-state index >= 15 is 0 Å². The molecule has 2 unspecified atom stereocenters. The summed E-state index contributed by atoms with van der Waals surface area (Å²) in [4.78, 5) is 11.2. The van der Waals surface area contributed by atoms with Gasteiger partial charge in [0.2, 0.25) is 0 Å². The number of hydrogen-bond acceptors (Lipinski definition) is 2. The molecule has 0 aromatic heterocycles. The van der Waals surface area contributed by atoms with Gasteiger partial charge < -0.3 is 10.5 Å². The summed E-state index contributed by atoms with van der Waals surface area (Å²) < 4.78 is 13.0. The average Bonchev–Trinajstić information content (AvgIpc) is 2.38. The van der Waals surface area contributed by atoms with Gasteiger partial charge in [0.15, 0.2) is 0 Å². The van der Waals surface area contributed by atoms with Crippen LogP contribution in [0.25, 0.3) is 0 Å². The quantitative estimate of drug-likeness (QED) is 0.777. The molecule has 19 heavy (non-hydrogen) atoms. The lowest BCUT2D eigenvalue weighted by atomic mass is 9.85. The van der Waals surface area contributed by atoms with Gasteiger partial charge in [-0.1, -0.05) is 31.9 Å². The number of carbonyl (C=O) groups excluding carboxylic acids is 1. The van der Waals surface area contributed by atoms with Crippen LogP contribution in [0.1, 0.15) is 57.4 Å². The van der Waals surface area contributed by atoms with E-state index in [4.69, 9.17) is 5.73 Å². The number of Topliss-reactive ketones (excluding diaryl/α,β-unsaturated/α-hetero) is 1. The zero-order valence-corrected chi connectivity index (χ0v) is 11.9. The molecule has 3 heteroatoms. The van der Waals surface area contributed by atoms with E-state index in [0.29, 0.717) is 6.42 Å². The van der Waals surface area contributed by atoms with Gasteiger partial charge in [-0.25, -0.2) is 4.39 Å². The summed E-state index contributed by atoms with van der Waals surface area (Å²) in [6.07, 6.45) is 4.40. The Morgan fingerprint density at radius 2 is 1.89 bits per heavy atom. The molecule has 0 radical (unpaired) electrons. The lowest BCUT2D eigenvalue weighted by molar-refractivity contribution is -0.117. The first-order valence-electron chi connectivity index (χ1n) is 7.05. The Morgan fingerprint density at radius 3 is 2.42 bits per heavy atom. The summed E-state index contributed by atoms with van der Waals surface area (Å²) in [5.74, 6) is 0.0713. The Labute approximate surface area is 115 Å². The standard InChI is InChI=1S/C16H24FNO/c1-3-4-5-16(18)15(11-6-12(2)19)13-7-9-14(17)10-8-13/h7-10,15-16H,3-6,11,18H2,1-2H3. The van der Waals surface area contributed by atoms with Crippen molar-refractivity contribution in [2.75, 3.05) is 0 Å². The average molecular weight is 265 g/mol. The minimum absolute atomic E-state index is 0.0322. The molecule has 0 aliphatic heterocycles. The molecule has 0 spiro atoms. The smallest absolute Gasteiger partial charge is 0.129 e. The maximum absolute atomic E-state index is 13.0. The molecule has 0 saturated heterocycles. The van der Waals surface area contributed by atoms with Gasteiger partial charge in [0.05, 0.1) is 0 Å². The number of benzene rings is 1. The predicted molar refractivity (Wildman–Crippen MR) is 76.6 cm³/mol. The summed E-state index contributed by atoms with van der Waals surface area (Å²) in [6, 6.07) is 6.52. The van der Waals surface area contributed by atoms with Crippen molar-refractivity contribution in [1.29, 1.82) is 0 Å². The number of carbonyl (C=O) groups is 1. The number of halogens is 1. The summed E-state index contributed by atoms with van der Waals surface area (Å²) >= 11 is 0. The number of rotatable bonds is 8. The van der Waals surface area contributed by atoms with E-state index in [1.807, 2.05) is 0 Å². The van der Waals surface area contributed by atoms with Crippen LogP contribution in [0, 0.1) is 5.82 Å². The van der Waals surface area contributed by atoms with Crippen LogP contribution < -0.4 is 5.73 Å². The molecule has 0 heterocycles. The van der Waals surface area contributed by atoms with E-state index in [1.54, 1.807) is 19.1 Å². The Hall–Kier alpha value is -1.22. The summed E-state index contributed by atoms with van der Waals surface area (Å²) in [5, 5.41) is 0. The van der Waals surface area contributed by atoms with Gasteiger partial charge in [-0.05, 0) is 43.4 Å². The van der Waals surface area contributed by atoms with Crippen LogP contribution in [-0.4, -0.2) is 11.8 Å². The highest BCUT2D eigenvalue weighted by Gasteiger charge is 2.20. The van der Waals surface area contributed by atoms with Crippen molar-refractivity contribution >= 4 is 5.78 Å². The Balaban J connectivity index is 2.78. The molecule has 0 bridgehead atoms. The van der Waals surface area contributed by atoms with Crippen molar-refractivity contribution < 1.29 is 9.18 Å². The van der Waals surface area contributed by atoms with Crippen LogP contribution in [0.2, 0.25) is 0 Å². The first-order valence-corrected chi connectivity index (χ1v) is 7.05. The molecule has 0 saturated carbocycles. The maximum Gasteiger partial charge on any atom is 0.129 e. The molecular weight excluding hydrogens is 241 g/mol. The molecule has 1 aromatic rings. The Morgan fingerprint density at radius 1 is 1.26 bits per heavy atom. The van der Waals surface area contributed by atoms with Crippen molar-refractivity contribution in [2.45, 2.75) is 57.9 Å². The first-order chi connectivity index (χ1) is 9.04. The van der Waals surface area contributed by atoms with Crippen LogP contribution in [0.3, 0.4) is 0 Å². The van der Waals surface area contributed by atoms with Crippen LogP contribution in [0.4, 0.5) is 4.39 Å². The number of unbranched alkanes of at least 4 members (excludes halogenated alkanes) is 1. The summed E-state index contributed by atoms with van der Waals surface area (Å²) in [7, 11) is 0. The van der Waals surface area contributed by atoms with E-state index in [1.165, 1.54) is 12.1 Å². The fraction of sp³-hybridized carbons (Fsp3) is 0.562. The van der Waals surface area contributed by atoms with Crippen molar-refractivity contribution in [2.24, 2.45) is 5.73 Å². The van der Waals surface area contributed by atoms with Crippen molar-refractivity contribution in [1.82, 2.24) is 0 Å². The molecule has 2 N–H and O–H groups in total. The Bertz CT molecular complexity index is 388. The van der Waals surface area contributed by atoms with Gasteiger partial charge in [-0.3, -0.25) is 0 Å². The largest absolute Gasteiger partial charge is 0.327 e. The molecule has 0 amide bonds. The second-order valence-electron chi connectivity index (χ2n) is 5.20. The van der Waals surface area contributed by atoms with Crippen molar-refractivity contribution in [3.63, 3.8) is 0 Å². The fourth-order valence-corrected chi connectivity index (χ4v) is 2.34. The molecule has 0 aliphatic rings. The van der Waals surface area contributed by atoms with Crippen LogP contribution >= 0.6 is 0 Å².